The first-order chi connectivity index (χ1) is 16.4. The number of amides is 1. The number of benzene rings is 2. The molecular formula is C24H25Cl2N3O5S. The molecule has 0 aliphatic rings. The largest absolute Gasteiger partial charge is 0.462 e. The topological polar surface area (TPSA) is 107 Å². The van der Waals surface area contributed by atoms with E-state index in [0.29, 0.717) is 27.0 Å². The van der Waals surface area contributed by atoms with E-state index >= 15 is 0 Å². The van der Waals surface area contributed by atoms with Crippen LogP contribution in [0.1, 0.15) is 42.9 Å². The van der Waals surface area contributed by atoms with Gasteiger partial charge >= 0.3 is 5.97 Å². The van der Waals surface area contributed by atoms with Crippen molar-refractivity contribution in [3.63, 3.8) is 0 Å². The van der Waals surface area contributed by atoms with E-state index in [0.717, 1.165) is 5.56 Å². The minimum absolute atomic E-state index is 0.00150. The fourth-order valence-electron chi connectivity index (χ4n) is 3.33. The van der Waals surface area contributed by atoms with E-state index in [1.807, 2.05) is 0 Å². The lowest BCUT2D eigenvalue weighted by atomic mass is 10.1. The third-order valence-electron chi connectivity index (χ3n) is 5.09. The Morgan fingerprint density at radius 2 is 1.69 bits per heavy atom. The summed E-state index contributed by atoms with van der Waals surface area (Å²) in [5.74, 6) is -1.90. The number of ether oxygens (including phenoxy) is 1. The molecule has 1 N–H and O–H groups in total. The molecule has 8 nitrogen and oxygen atoms in total. The molecule has 1 amide bonds. The lowest BCUT2D eigenvalue weighted by molar-refractivity contribution is -0.144. The highest BCUT2D eigenvalue weighted by atomic mass is 35.5. The number of nitrogens with one attached hydrogen (secondary N) is 1. The van der Waals surface area contributed by atoms with Crippen LogP contribution in [0.15, 0.2) is 53.4 Å². The van der Waals surface area contributed by atoms with Crippen molar-refractivity contribution in [1.29, 1.82) is 0 Å². The van der Waals surface area contributed by atoms with Crippen LogP contribution in [-0.2, 0) is 26.4 Å². The van der Waals surface area contributed by atoms with Crippen LogP contribution in [0.3, 0.4) is 0 Å². The van der Waals surface area contributed by atoms with Crippen LogP contribution in [0.25, 0.3) is 11.3 Å². The normalized spacial score (nSPS) is 12.4. The van der Waals surface area contributed by atoms with Gasteiger partial charge in [-0.05, 0) is 56.7 Å². The molecule has 3 rings (SSSR count). The fraction of sp³-hybridized carbons (Fsp3) is 0.292. The summed E-state index contributed by atoms with van der Waals surface area (Å²) < 4.78 is 31.3. The number of halogens is 2. The fourth-order valence-corrected chi connectivity index (χ4v) is 4.72. The maximum absolute atomic E-state index is 12.9. The molecule has 0 saturated carbocycles. The molecular weight excluding hydrogens is 513 g/mol. The maximum atomic E-state index is 12.9. The molecule has 0 bridgehead atoms. The Balaban J connectivity index is 1.70. The first kappa shape index (κ1) is 26.7. The molecule has 11 heteroatoms. The summed E-state index contributed by atoms with van der Waals surface area (Å²) in [6, 6.07) is 12.3. The number of esters is 1. The molecule has 0 aliphatic heterocycles. The summed E-state index contributed by atoms with van der Waals surface area (Å²) in [6.45, 7) is 5.07. The van der Waals surface area contributed by atoms with E-state index in [2.05, 4.69) is 10.4 Å². The first-order valence-electron chi connectivity index (χ1n) is 10.7. The molecule has 1 atom stereocenters. The van der Waals surface area contributed by atoms with Crippen molar-refractivity contribution in [3.8, 4) is 11.3 Å². The van der Waals surface area contributed by atoms with Crippen molar-refractivity contribution in [2.75, 3.05) is 5.75 Å². The Kier molecular flexibility index (Phi) is 8.25. The van der Waals surface area contributed by atoms with Crippen LogP contribution >= 0.6 is 23.2 Å². The van der Waals surface area contributed by atoms with Gasteiger partial charge in [0, 0.05) is 12.6 Å². The lowest BCUT2D eigenvalue weighted by Crippen LogP contribution is -2.28. The molecule has 0 spiro atoms. The highest BCUT2D eigenvalue weighted by molar-refractivity contribution is 7.92. The van der Waals surface area contributed by atoms with Gasteiger partial charge in [0.2, 0.25) is 0 Å². The minimum atomic E-state index is -3.84. The van der Waals surface area contributed by atoms with E-state index < -0.39 is 33.7 Å². The van der Waals surface area contributed by atoms with Crippen molar-refractivity contribution in [3.05, 3.63) is 69.8 Å². The van der Waals surface area contributed by atoms with Gasteiger partial charge in [0.1, 0.15) is 5.69 Å². The van der Waals surface area contributed by atoms with Crippen molar-refractivity contribution in [1.82, 2.24) is 15.1 Å². The molecule has 0 aliphatic carbocycles. The monoisotopic (exact) mass is 537 g/mol. The Bertz CT molecular complexity index is 1350. The zero-order chi connectivity index (χ0) is 25.9. The predicted molar refractivity (Wildman–Crippen MR) is 134 cm³/mol. The maximum Gasteiger partial charge on any atom is 0.321 e. The van der Waals surface area contributed by atoms with Gasteiger partial charge in [0.25, 0.3) is 5.91 Å². The number of rotatable bonds is 8. The number of aromatic nitrogens is 2. The average molecular weight is 538 g/mol. The minimum Gasteiger partial charge on any atom is -0.462 e. The molecule has 1 heterocycles. The van der Waals surface area contributed by atoms with Gasteiger partial charge in [-0.2, -0.15) is 5.10 Å². The van der Waals surface area contributed by atoms with Crippen LogP contribution in [0.2, 0.25) is 10.0 Å². The first-order valence-corrected chi connectivity index (χ1v) is 13.1. The highest BCUT2D eigenvalue weighted by Gasteiger charge is 2.22. The molecule has 0 unspecified atom stereocenters. The number of carbonyl (C=O) groups is 2. The average Bonchev–Trinajstić information content (AvgIpc) is 3.16. The Labute approximate surface area is 214 Å². The summed E-state index contributed by atoms with van der Waals surface area (Å²) >= 11 is 12.1. The zero-order valence-electron chi connectivity index (χ0n) is 19.6. The van der Waals surface area contributed by atoms with Crippen molar-refractivity contribution in [2.24, 2.45) is 7.05 Å². The van der Waals surface area contributed by atoms with Gasteiger partial charge in [-0.1, -0.05) is 41.4 Å². The molecule has 0 saturated heterocycles. The summed E-state index contributed by atoms with van der Waals surface area (Å²) in [4.78, 5) is 24.6. The molecule has 186 valence electrons. The van der Waals surface area contributed by atoms with E-state index in [1.165, 1.54) is 16.8 Å². The van der Waals surface area contributed by atoms with E-state index in [-0.39, 0.29) is 10.8 Å². The van der Waals surface area contributed by atoms with Crippen LogP contribution in [-0.4, -0.2) is 41.9 Å². The number of carbonyl (C=O) groups excluding carboxylic acids is 2. The number of nitrogens with zero attached hydrogens (tertiary/aromatic N) is 2. The van der Waals surface area contributed by atoms with E-state index in [4.69, 9.17) is 27.9 Å². The number of aryl methyl sites for hydroxylation is 1. The van der Waals surface area contributed by atoms with Gasteiger partial charge in [-0.15, -0.1) is 0 Å². The standard InChI is InChI=1S/C24H25Cl2N3O5S/c1-14(2)34-23(30)13-35(32,33)18-8-5-16(6-9-18)15(3)27-24(31)22-12-21(28-29(22)4)17-7-10-19(25)20(26)11-17/h5-12,14-15H,13H2,1-4H3,(H,27,31)/t15-/m1/s1. The Morgan fingerprint density at radius 1 is 1.03 bits per heavy atom. The second-order valence-electron chi connectivity index (χ2n) is 8.23. The smallest absolute Gasteiger partial charge is 0.321 e. The Hall–Kier alpha value is -2.88. The zero-order valence-corrected chi connectivity index (χ0v) is 21.9. The summed E-state index contributed by atoms with van der Waals surface area (Å²) in [7, 11) is -2.18. The molecule has 0 radical (unpaired) electrons. The summed E-state index contributed by atoms with van der Waals surface area (Å²) in [6.07, 6.45) is -0.399. The molecule has 2 aromatic carbocycles. The second kappa shape index (κ2) is 10.8. The molecule has 0 fully saturated rings. The van der Waals surface area contributed by atoms with Crippen LogP contribution in [0.5, 0.6) is 0 Å². The number of sulfone groups is 1. The summed E-state index contributed by atoms with van der Waals surface area (Å²) in [5.41, 5.74) is 2.31. The third-order valence-corrected chi connectivity index (χ3v) is 7.43. The van der Waals surface area contributed by atoms with Crippen molar-refractivity contribution in [2.45, 2.75) is 37.8 Å². The van der Waals surface area contributed by atoms with Gasteiger partial charge in [0.05, 0.1) is 32.8 Å². The van der Waals surface area contributed by atoms with Crippen LogP contribution < -0.4 is 5.32 Å². The number of hydrogen-bond donors (Lipinski definition) is 1. The van der Waals surface area contributed by atoms with Gasteiger partial charge in [-0.3, -0.25) is 14.3 Å². The van der Waals surface area contributed by atoms with Crippen molar-refractivity contribution < 1.29 is 22.7 Å². The van der Waals surface area contributed by atoms with Gasteiger partial charge < -0.3 is 10.1 Å². The third kappa shape index (κ3) is 6.62. The van der Waals surface area contributed by atoms with Crippen LogP contribution in [0, 0.1) is 0 Å². The second-order valence-corrected chi connectivity index (χ2v) is 11.0. The predicted octanol–water partition coefficient (Wildman–Crippen LogP) is 4.61. The van der Waals surface area contributed by atoms with E-state index in [1.54, 1.807) is 64.2 Å². The Morgan fingerprint density at radius 3 is 2.29 bits per heavy atom. The molecule has 1 aromatic heterocycles. The quantitative estimate of drug-likeness (QED) is 0.420. The molecule has 35 heavy (non-hydrogen) atoms. The summed E-state index contributed by atoms with van der Waals surface area (Å²) in [5, 5.41) is 8.07. The van der Waals surface area contributed by atoms with Crippen LogP contribution in [0.4, 0.5) is 0 Å². The molecule has 3 aromatic rings. The van der Waals surface area contributed by atoms with Gasteiger partial charge in [-0.25, -0.2) is 8.42 Å². The lowest BCUT2D eigenvalue weighted by Gasteiger charge is -2.15. The van der Waals surface area contributed by atoms with Crippen molar-refractivity contribution >= 4 is 44.9 Å². The SMILES string of the molecule is CC(C)OC(=O)CS(=O)(=O)c1ccc([C@@H](C)NC(=O)c2cc(-c3ccc(Cl)c(Cl)c3)nn2C)cc1. The highest BCUT2D eigenvalue weighted by Crippen LogP contribution is 2.28. The van der Waals surface area contributed by atoms with E-state index in [9.17, 15) is 18.0 Å². The van der Waals surface area contributed by atoms with Gasteiger partial charge in [0.15, 0.2) is 15.6 Å². The number of hydrogen-bond acceptors (Lipinski definition) is 6.